The van der Waals surface area contributed by atoms with Gasteiger partial charge in [0.25, 0.3) is 0 Å². The van der Waals surface area contributed by atoms with Crippen LogP contribution in [0.2, 0.25) is 0 Å². The van der Waals surface area contributed by atoms with E-state index in [1.807, 2.05) is 0 Å². The zero-order chi connectivity index (χ0) is 11.5. The highest BCUT2D eigenvalue weighted by atomic mass is 15.3. The summed E-state index contributed by atoms with van der Waals surface area (Å²) in [6.07, 6.45) is 3.96. The van der Waals surface area contributed by atoms with Crippen molar-refractivity contribution in [3.8, 4) is 0 Å². The molecule has 2 atom stereocenters. The van der Waals surface area contributed by atoms with Crippen molar-refractivity contribution < 1.29 is 0 Å². The first-order valence-electron chi connectivity index (χ1n) is 6.87. The fourth-order valence-corrected chi connectivity index (χ4v) is 3.23. The zero-order valence-electron chi connectivity index (χ0n) is 10.9. The summed E-state index contributed by atoms with van der Waals surface area (Å²) in [5, 5.41) is 0. The SMILES string of the molecule is CC(C)CC(N)CN1CCN2CCCC2C1. The lowest BCUT2D eigenvalue weighted by Crippen LogP contribution is -2.52. The van der Waals surface area contributed by atoms with Gasteiger partial charge in [-0.3, -0.25) is 9.80 Å². The maximum atomic E-state index is 6.19. The average molecular weight is 225 g/mol. The molecule has 2 saturated heterocycles. The Morgan fingerprint density at radius 2 is 2.06 bits per heavy atom. The molecule has 0 aromatic rings. The quantitative estimate of drug-likeness (QED) is 0.779. The van der Waals surface area contributed by atoms with E-state index < -0.39 is 0 Å². The largest absolute Gasteiger partial charge is 0.327 e. The molecule has 2 unspecified atom stereocenters. The second-order valence-electron chi connectivity index (χ2n) is 5.98. The summed E-state index contributed by atoms with van der Waals surface area (Å²) >= 11 is 0. The van der Waals surface area contributed by atoms with Gasteiger partial charge in [-0.05, 0) is 31.7 Å². The Hall–Kier alpha value is -0.120. The number of hydrogen-bond acceptors (Lipinski definition) is 3. The number of piperazine rings is 1. The normalized spacial score (nSPS) is 29.6. The molecule has 3 heteroatoms. The monoisotopic (exact) mass is 225 g/mol. The highest BCUT2D eigenvalue weighted by molar-refractivity contribution is 4.87. The van der Waals surface area contributed by atoms with Crippen LogP contribution in [0.4, 0.5) is 0 Å². The van der Waals surface area contributed by atoms with Gasteiger partial charge in [-0.25, -0.2) is 0 Å². The van der Waals surface area contributed by atoms with Gasteiger partial charge in [0.2, 0.25) is 0 Å². The van der Waals surface area contributed by atoms with E-state index in [0.29, 0.717) is 6.04 Å². The molecule has 2 aliphatic rings. The predicted octanol–water partition coefficient (Wildman–Crippen LogP) is 1.14. The van der Waals surface area contributed by atoms with Crippen molar-refractivity contribution >= 4 is 0 Å². The third kappa shape index (κ3) is 3.19. The smallest absolute Gasteiger partial charge is 0.0224 e. The molecule has 0 aliphatic carbocycles. The van der Waals surface area contributed by atoms with Crippen molar-refractivity contribution in [2.24, 2.45) is 11.7 Å². The number of nitrogens with two attached hydrogens (primary N) is 1. The fourth-order valence-electron chi connectivity index (χ4n) is 3.23. The Bertz CT molecular complexity index is 217. The highest BCUT2D eigenvalue weighted by Gasteiger charge is 2.30. The Morgan fingerprint density at radius 3 is 2.81 bits per heavy atom. The molecule has 2 heterocycles. The Labute approximate surface area is 100.0 Å². The van der Waals surface area contributed by atoms with Gasteiger partial charge >= 0.3 is 0 Å². The van der Waals surface area contributed by atoms with Gasteiger partial charge < -0.3 is 5.73 Å². The molecule has 2 fully saturated rings. The van der Waals surface area contributed by atoms with Crippen LogP contribution in [0.5, 0.6) is 0 Å². The van der Waals surface area contributed by atoms with Gasteiger partial charge in [-0.15, -0.1) is 0 Å². The van der Waals surface area contributed by atoms with Crippen molar-refractivity contribution in [3.05, 3.63) is 0 Å². The standard InChI is InChI=1S/C13H27N3/c1-11(2)8-12(14)9-15-6-7-16-5-3-4-13(16)10-15/h11-13H,3-10,14H2,1-2H3. The summed E-state index contributed by atoms with van der Waals surface area (Å²) in [6.45, 7) is 10.7. The molecule has 3 nitrogen and oxygen atoms in total. The molecule has 2 aliphatic heterocycles. The van der Waals surface area contributed by atoms with Gasteiger partial charge in [0, 0.05) is 38.3 Å². The van der Waals surface area contributed by atoms with Crippen molar-refractivity contribution in [1.29, 1.82) is 0 Å². The van der Waals surface area contributed by atoms with E-state index >= 15 is 0 Å². The number of hydrogen-bond donors (Lipinski definition) is 1. The molecule has 0 saturated carbocycles. The summed E-state index contributed by atoms with van der Waals surface area (Å²) in [7, 11) is 0. The molecule has 2 rings (SSSR count). The van der Waals surface area contributed by atoms with Crippen LogP contribution in [0, 0.1) is 5.92 Å². The Balaban J connectivity index is 1.74. The third-order valence-electron chi connectivity index (χ3n) is 3.94. The van der Waals surface area contributed by atoms with Crippen LogP contribution in [0.3, 0.4) is 0 Å². The van der Waals surface area contributed by atoms with Gasteiger partial charge in [-0.2, -0.15) is 0 Å². The second kappa shape index (κ2) is 5.48. The molecule has 0 aromatic carbocycles. The first kappa shape index (κ1) is 12.3. The maximum Gasteiger partial charge on any atom is 0.0224 e. The maximum absolute atomic E-state index is 6.19. The van der Waals surface area contributed by atoms with Crippen LogP contribution in [0.25, 0.3) is 0 Å². The predicted molar refractivity (Wildman–Crippen MR) is 68.5 cm³/mol. The van der Waals surface area contributed by atoms with Gasteiger partial charge in [0.1, 0.15) is 0 Å². The molecular formula is C13H27N3. The first-order valence-corrected chi connectivity index (χ1v) is 6.87. The van der Waals surface area contributed by atoms with E-state index in [4.69, 9.17) is 5.73 Å². The van der Waals surface area contributed by atoms with Crippen LogP contribution >= 0.6 is 0 Å². The molecular weight excluding hydrogens is 198 g/mol. The van der Waals surface area contributed by atoms with Crippen LogP contribution in [-0.4, -0.2) is 54.6 Å². The van der Waals surface area contributed by atoms with Crippen molar-refractivity contribution in [2.45, 2.75) is 45.2 Å². The van der Waals surface area contributed by atoms with Crippen molar-refractivity contribution in [3.63, 3.8) is 0 Å². The van der Waals surface area contributed by atoms with E-state index in [2.05, 4.69) is 23.6 Å². The molecule has 16 heavy (non-hydrogen) atoms. The molecule has 2 N–H and O–H groups in total. The zero-order valence-corrected chi connectivity index (χ0v) is 10.9. The third-order valence-corrected chi connectivity index (χ3v) is 3.94. The minimum atomic E-state index is 0.368. The van der Waals surface area contributed by atoms with Gasteiger partial charge in [0.15, 0.2) is 0 Å². The summed E-state index contributed by atoms with van der Waals surface area (Å²) in [6, 6.07) is 1.20. The van der Waals surface area contributed by atoms with E-state index in [-0.39, 0.29) is 0 Å². The minimum Gasteiger partial charge on any atom is -0.327 e. The molecule has 0 amide bonds. The Morgan fingerprint density at radius 1 is 1.25 bits per heavy atom. The van der Waals surface area contributed by atoms with E-state index in [1.54, 1.807) is 0 Å². The molecule has 0 bridgehead atoms. The number of nitrogens with zero attached hydrogens (tertiary/aromatic N) is 2. The molecule has 0 aromatic heterocycles. The lowest BCUT2D eigenvalue weighted by atomic mass is 10.0. The molecule has 0 spiro atoms. The van der Waals surface area contributed by atoms with Gasteiger partial charge in [0.05, 0.1) is 0 Å². The average Bonchev–Trinajstić information content (AvgIpc) is 2.63. The Kier molecular flexibility index (Phi) is 4.22. The van der Waals surface area contributed by atoms with Crippen LogP contribution in [0.15, 0.2) is 0 Å². The van der Waals surface area contributed by atoms with Gasteiger partial charge in [-0.1, -0.05) is 13.8 Å². The van der Waals surface area contributed by atoms with Crippen LogP contribution in [0.1, 0.15) is 33.1 Å². The van der Waals surface area contributed by atoms with Crippen molar-refractivity contribution in [2.75, 3.05) is 32.7 Å². The lowest BCUT2D eigenvalue weighted by Gasteiger charge is -2.38. The van der Waals surface area contributed by atoms with E-state index in [0.717, 1.165) is 24.9 Å². The minimum absolute atomic E-state index is 0.368. The topological polar surface area (TPSA) is 32.5 Å². The van der Waals surface area contributed by atoms with Crippen LogP contribution < -0.4 is 5.73 Å². The summed E-state index contributed by atoms with van der Waals surface area (Å²) < 4.78 is 0. The van der Waals surface area contributed by atoms with Crippen molar-refractivity contribution in [1.82, 2.24) is 9.80 Å². The summed E-state index contributed by atoms with van der Waals surface area (Å²) in [4.78, 5) is 5.24. The molecule has 0 radical (unpaired) electrons. The lowest BCUT2D eigenvalue weighted by molar-refractivity contribution is 0.0980. The second-order valence-corrected chi connectivity index (χ2v) is 5.98. The number of rotatable bonds is 4. The van der Waals surface area contributed by atoms with E-state index in [1.165, 1.54) is 39.0 Å². The summed E-state index contributed by atoms with van der Waals surface area (Å²) in [5.74, 6) is 0.725. The van der Waals surface area contributed by atoms with Crippen LogP contribution in [-0.2, 0) is 0 Å². The first-order chi connectivity index (χ1) is 7.65. The fraction of sp³-hybridized carbons (Fsp3) is 1.00. The molecule has 94 valence electrons. The number of fused-ring (bicyclic) bond motifs is 1. The summed E-state index contributed by atoms with van der Waals surface area (Å²) in [5.41, 5.74) is 6.19. The highest BCUT2D eigenvalue weighted by Crippen LogP contribution is 2.21. The van der Waals surface area contributed by atoms with E-state index in [9.17, 15) is 0 Å².